The molecule has 0 bridgehead atoms. The summed E-state index contributed by atoms with van der Waals surface area (Å²) >= 11 is 0. The van der Waals surface area contributed by atoms with Gasteiger partial charge in [-0.25, -0.2) is 4.68 Å². The van der Waals surface area contributed by atoms with Crippen LogP contribution >= 0.6 is 0 Å². The van der Waals surface area contributed by atoms with Crippen LogP contribution in [0.25, 0.3) is 11.3 Å². The molecule has 0 spiro atoms. The van der Waals surface area contributed by atoms with Crippen molar-refractivity contribution in [2.75, 3.05) is 53.3 Å². The summed E-state index contributed by atoms with van der Waals surface area (Å²) in [6, 6.07) is 10.3. The molecule has 2 unspecified atom stereocenters. The van der Waals surface area contributed by atoms with Crippen LogP contribution in [0, 0.1) is 0 Å². The molecule has 2 aliphatic rings. The van der Waals surface area contributed by atoms with E-state index in [2.05, 4.69) is 10.4 Å². The highest BCUT2D eigenvalue weighted by Crippen LogP contribution is 2.23. The van der Waals surface area contributed by atoms with Gasteiger partial charge < -0.3 is 29.4 Å². The third-order valence-electron chi connectivity index (χ3n) is 5.36. The van der Waals surface area contributed by atoms with Crippen LogP contribution in [-0.4, -0.2) is 79.8 Å². The summed E-state index contributed by atoms with van der Waals surface area (Å²) in [4.78, 5) is 12.6. The predicted molar refractivity (Wildman–Crippen MR) is 109 cm³/mol. The van der Waals surface area contributed by atoms with Gasteiger partial charge in [-0.1, -0.05) is 12.1 Å². The number of aliphatic hydroxyl groups is 1. The van der Waals surface area contributed by atoms with Crippen LogP contribution in [0.4, 0.5) is 0 Å². The number of ether oxygens (including phenoxy) is 4. The summed E-state index contributed by atoms with van der Waals surface area (Å²) in [6.45, 7) is 2.37. The Bertz CT molecular complexity index is 910. The van der Waals surface area contributed by atoms with Crippen molar-refractivity contribution >= 4 is 0 Å². The third-order valence-corrected chi connectivity index (χ3v) is 5.36. The van der Waals surface area contributed by atoms with E-state index in [1.54, 1.807) is 13.2 Å². The number of rotatable bonds is 6. The Morgan fingerprint density at radius 1 is 1.20 bits per heavy atom. The largest absolute Gasteiger partial charge is 0.497 e. The van der Waals surface area contributed by atoms with Crippen molar-refractivity contribution in [1.82, 2.24) is 15.1 Å². The van der Waals surface area contributed by atoms with Gasteiger partial charge in [-0.2, -0.15) is 5.10 Å². The fourth-order valence-electron chi connectivity index (χ4n) is 3.69. The van der Waals surface area contributed by atoms with Crippen molar-refractivity contribution in [2.45, 2.75) is 17.7 Å². The number of hydrogen-bond acceptors (Lipinski definition) is 8. The van der Waals surface area contributed by atoms with E-state index in [-0.39, 0.29) is 37.4 Å². The first-order chi connectivity index (χ1) is 14.6. The monoisotopic (exact) mass is 417 g/mol. The molecular weight excluding hydrogens is 390 g/mol. The van der Waals surface area contributed by atoms with Gasteiger partial charge in [0.25, 0.3) is 5.56 Å². The molecule has 9 nitrogen and oxygen atoms in total. The minimum atomic E-state index is -1.12. The fourth-order valence-corrected chi connectivity index (χ4v) is 3.69. The minimum Gasteiger partial charge on any atom is -0.497 e. The minimum absolute atomic E-state index is 0.178. The number of aromatic nitrogens is 2. The lowest BCUT2D eigenvalue weighted by molar-refractivity contribution is -0.0549. The maximum absolute atomic E-state index is 12.6. The summed E-state index contributed by atoms with van der Waals surface area (Å²) in [5, 5.41) is 18.6. The molecule has 1 aromatic heterocycles. The predicted octanol–water partition coefficient (Wildman–Crippen LogP) is 0.226. The summed E-state index contributed by atoms with van der Waals surface area (Å²) in [5.41, 5.74) is 0.200. The van der Waals surface area contributed by atoms with E-state index in [1.165, 1.54) is 10.7 Å². The van der Waals surface area contributed by atoms with Crippen molar-refractivity contribution < 1.29 is 24.1 Å². The molecule has 0 aliphatic carbocycles. The van der Waals surface area contributed by atoms with Crippen molar-refractivity contribution in [3.63, 3.8) is 0 Å². The van der Waals surface area contributed by atoms with Crippen LogP contribution in [0.3, 0.4) is 0 Å². The average molecular weight is 417 g/mol. The van der Waals surface area contributed by atoms with E-state index >= 15 is 0 Å². The second kappa shape index (κ2) is 9.23. The molecule has 0 radical (unpaired) electrons. The summed E-state index contributed by atoms with van der Waals surface area (Å²) < 4.78 is 23.2. The first kappa shape index (κ1) is 21.0. The van der Waals surface area contributed by atoms with E-state index in [0.717, 1.165) is 11.3 Å². The van der Waals surface area contributed by atoms with Crippen molar-refractivity contribution in [2.24, 2.45) is 0 Å². The zero-order valence-electron chi connectivity index (χ0n) is 17.0. The van der Waals surface area contributed by atoms with E-state index in [1.807, 2.05) is 24.3 Å². The van der Waals surface area contributed by atoms with Crippen LogP contribution in [0.2, 0.25) is 0 Å². The lowest BCUT2D eigenvalue weighted by atomic mass is 10.1. The van der Waals surface area contributed by atoms with E-state index in [9.17, 15) is 9.90 Å². The summed E-state index contributed by atoms with van der Waals surface area (Å²) in [7, 11) is 1.61. The number of nitrogens with zero attached hydrogens (tertiary/aromatic N) is 2. The van der Waals surface area contributed by atoms with Gasteiger partial charge in [-0.15, -0.1) is 0 Å². The first-order valence-corrected chi connectivity index (χ1v) is 10.0. The molecule has 2 fully saturated rings. The van der Waals surface area contributed by atoms with Gasteiger partial charge in [0.05, 0.1) is 64.5 Å². The van der Waals surface area contributed by atoms with E-state index in [4.69, 9.17) is 18.9 Å². The molecule has 162 valence electrons. The fraction of sp³-hybridized carbons (Fsp3) is 0.524. The Hall–Kier alpha value is -2.30. The highest BCUT2D eigenvalue weighted by Gasteiger charge is 2.35. The lowest BCUT2D eigenvalue weighted by Gasteiger charge is -2.29. The molecule has 2 aromatic rings. The molecular formula is C21H27N3O6. The van der Waals surface area contributed by atoms with Gasteiger partial charge in [0.2, 0.25) is 0 Å². The van der Waals surface area contributed by atoms with E-state index < -0.39 is 5.60 Å². The summed E-state index contributed by atoms with van der Waals surface area (Å²) in [6.07, 6.45) is 0. The Balaban J connectivity index is 1.52. The molecule has 1 aromatic carbocycles. The number of methoxy groups -OCH3 is 1. The normalized spacial score (nSPS) is 23.8. The van der Waals surface area contributed by atoms with Crippen LogP contribution in [-0.2, 0) is 14.2 Å². The van der Waals surface area contributed by atoms with Crippen LogP contribution in [0.5, 0.6) is 5.75 Å². The maximum Gasteiger partial charge on any atom is 0.267 e. The highest BCUT2D eigenvalue weighted by atomic mass is 16.6. The zero-order chi connectivity index (χ0) is 21.0. The van der Waals surface area contributed by atoms with E-state index in [0.29, 0.717) is 32.1 Å². The molecule has 9 heteroatoms. The number of benzene rings is 1. The SMILES string of the molecule is COc1cccc(-c2ccc(=O)n(C3COCC3NCC3(O)COCCOC3)n2)c1. The second-order valence-electron chi connectivity index (χ2n) is 7.66. The molecule has 0 saturated carbocycles. The van der Waals surface area contributed by atoms with Gasteiger partial charge >= 0.3 is 0 Å². The molecule has 2 N–H and O–H groups in total. The van der Waals surface area contributed by atoms with Gasteiger partial charge in [0, 0.05) is 18.2 Å². The van der Waals surface area contributed by atoms with Crippen molar-refractivity contribution in [3.8, 4) is 17.0 Å². The molecule has 4 rings (SSSR count). The van der Waals surface area contributed by atoms with Gasteiger partial charge in [0.15, 0.2) is 0 Å². The molecule has 3 heterocycles. The lowest BCUT2D eigenvalue weighted by Crippen LogP contribution is -2.52. The van der Waals surface area contributed by atoms with Crippen LogP contribution < -0.4 is 15.6 Å². The topological polar surface area (TPSA) is 104 Å². The van der Waals surface area contributed by atoms with Crippen molar-refractivity contribution in [1.29, 1.82) is 0 Å². The second-order valence-corrected chi connectivity index (χ2v) is 7.66. The average Bonchev–Trinajstić information content (AvgIpc) is 3.13. The Kier molecular flexibility index (Phi) is 6.45. The first-order valence-electron chi connectivity index (χ1n) is 10.0. The molecule has 0 amide bonds. The molecule has 2 atom stereocenters. The maximum atomic E-state index is 12.6. The Morgan fingerprint density at radius 2 is 2.00 bits per heavy atom. The number of nitrogens with one attached hydrogen (secondary N) is 1. The molecule has 30 heavy (non-hydrogen) atoms. The smallest absolute Gasteiger partial charge is 0.267 e. The standard InChI is InChI=1S/C21H27N3O6/c1-27-16-4-2-3-15(9-16)17-5-6-20(25)24(23-17)19-11-30-10-18(19)22-12-21(26)13-28-7-8-29-14-21/h2-6,9,18-19,22,26H,7-8,10-14H2,1H3. The summed E-state index contributed by atoms with van der Waals surface area (Å²) in [5.74, 6) is 0.719. The number of hydrogen-bond donors (Lipinski definition) is 2. The quantitative estimate of drug-likeness (QED) is 0.688. The zero-order valence-corrected chi connectivity index (χ0v) is 17.0. The highest BCUT2D eigenvalue weighted by molar-refractivity contribution is 5.60. The Morgan fingerprint density at radius 3 is 2.77 bits per heavy atom. The molecule has 2 saturated heterocycles. The van der Waals surface area contributed by atoms with Gasteiger partial charge in [-0.05, 0) is 18.2 Å². The van der Waals surface area contributed by atoms with Gasteiger partial charge in [-0.3, -0.25) is 4.79 Å². The molecule has 2 aliphatic heterocycles. The third kappa shape index (κ3) is 4.71. The van der Waals surface area contributed by atoms with Crippen molar-refractivity contribution in [3.05, 3.63) is 46.8 Å². The van der Waals surface area contributed by atoms with Crippen LogP contribution in [0.1, 0.15) is 6.04 Å². The Labute approximate surface area is 174 Å². The van der Waals surface area contributed by atoms with Crippen LogP contribution in [0.15, 0.2) is 41.2 Å². The van der Waals surface area contributed by atoms with Gasteiger partial charge in [0.1, 0.15) is 11.4 Å².